The van der Waals surface area contributed by atoms with Gasteiger partial charge in [0.25, 0.3) is 0 Å². The van der Waals surface area contributed by atoms with Crippen LogP contribution in [0.25, 0.3) is 11.0 Å². The molecule has 74 valence electrons. The third-order valence-corrected chi connectivity index (χ3v) is 2.62. The quantitative estimate of drug-likeness (QED) is 0.826. The summed E-state index contributed by atoms with van der Waals surface area (Å²) in [5, 5.41) is 1.46. The van der Waals surface area contributed by atoms with E-state index in [9.17, 15) is 0 Å². The van der Waals surface area contributed by atoms with Gasteiger partial charge < -0.3 is 10.2 Å². The lowest BCUT2D eigenvalue weighted by Crippen LogP contribution is -2.08. The Morgan fingerprint density at radius 2 is 2.21 bits per heavy atom. The van der Waals surface area contributed by atoms with Crippen molar-refractivity contribution in [2.75, 3.05) is 6.54 Å². The highest BCUT2D eigenvalue weighted by Gasteiger charge is 2.06. The fraction of sp³-hybridized carbons (Fsp3) is 0.273. The Bertz CT molecular complexity index is 449. The molecule has 2 N–H and O–H groups in total. The van der Waals surface area contributed by atoms with Crippen molar-refractivity contribution >= 4 is 22.6 Å². The maximum absolute atomic E-state index is 5.76. The number of fused-ring (bicyclic) bond motifs is 1. The Morgan fingerprint density at radius 3 is 2.93 bits per heavy atom. The van der Waals surface area contributed by atoms with E-state index in [1.807, 2.05) is 18.2 Å². The van der Waals surface area contributed by atoms with Gasteiger partial charge in [-0.15, -0.1) is 0 Å². The summed E-state index contributed by atoms with van der Waals surface area (Å²) in [6.45, 7) is 2.75. The van der Waals surface area contributed by atoms with E-state index in [0.29, 0.717) is 17.7 Å². The molecule has 1 heterocycles. The van der Waals surface area contributed by atoms with Crippen LogP contribution in [0.1, 0.15) is 18.4 Å². The zero-order valence-corrected chi connectivity index (χ0v) is 8.71. The number of hydrogen-bond acceptors (Lipinski definition) is 2. The molecule has 0 radical (unpaired) electrons. The lowest BCUT2D eigenvalue weighted by molar-refractivity contribution is 0.617. The molecule has 2 nitrogen and oxygen atoms in total. The Balaban J connectivity index is 2.50. The fourth-order valence-electron chi connectivity index (χ4n) is 1.47. The SMILES string of the molecule is CC(CN)c1ccc2oc(Cl)cc2c1. The van der Waals surface area contributed by atoms with Gasteiger partial charge in [0.15, 0.2) is 5.22 Å². The highest BCUT2D eigenvalue weighted by Crippen LogP contribution is 2.26. The second kappa shape index (κ2) is 3.64. The first-order valence-corrected chi connectivity index (χ1v) is 4.97. The molecule has 1 atom stereocenters. The molecule has 1 aromatic heterocycles. The monoisotopic (exact) mass is 209 g/mol. The molecule has 0 saturated carbocycles. The van der Waals surface area contributed by atoms with Crippen LogP contribution >= 0.6 is 11.6 Å². The number of rotatable bonds is 2. The molecule has 0 fully saturated rings. The van der Waals surface area contributed by atoms with Crippen molar-refractivity contribution in [3.05, 3.63) is 35.0 Å². The van der Waals surface area contributed by atoms with Crippen LogP contribution in [0, 0.1) is 0 Å². The van der Waals surface area contributed by atoms with Gasteiger partial charge in [-0.2, -0.15) is 0 Å². The van der Waals surface area contributed by atoms with Crippen molar-refractivity contribution in [3.8, 4) is 0 Å². The maximum Gasteiger partial charge on any atom is 0.194 e. The maximum atomic E-state index is 5.76. The number of benzene rings is 1. The molecule has 14 heavy (non-hydrogen) atoms. The van der Waals surface area contributed by atoms with Crippen LogP contribution in [0.15, 0.2) is 28.7 Å². The molecule has 1 unspecified atom stereocenters. The Morgan fingerprint density at radius 1 is 1.43 bits per heavy atom. The first-order chi connectivity index (χ1) is 6.70. The topological polar surface area (TPSA) is 39.2 Å². The van der Waals surface area contributed by atoms with E-state index in [1.54, 1.807) is 0 Å². The molecule has 0 aliphatic rings. The Labute approximate surface area is 87.6 Å². The predicted molar refractivity (Wildman–Crippen MR) is 58.7 cm³/mol. The van der Waals surface area contributed by atoms with Gasteiger partial charge in [-0.05, 0) is 41.8 Å². The molecule has 2 aromatic rings. The molecule has 0 aliphatic carbocycles. The van der Waals surface area contributed by atoms with Gasteiger partial charge in [0.2, 0.25) is 0 Å². The van der Waals surface area contributed by atoms with Crippen LogP contribution in [-0.4, -0.2) is 6.54 Å². The zero-order valence-electron chi connectivity index (χ0n) is 7.96. The Hall–Kier alpha value is -0.990. The van der Waals surface area contributed by atoms with E-state index in [1.165, 1.54) is 5.56 Å². The minimum absolute atomic E-state index is 0.369. The lowest BCUT2D eigenvalue weighted by Gasteiger charge is -2.07. The molecule has 0 amide bonds. The van der Waals surface area contributed by atoms with Crippen LogP contribution in [0.5, 0.6) is 0 Å². The van der Waals surface area contributed by atoms with E-state index in [0.717, 1.165) is 11.0 Å². The van der Waals surface area contributed by atoms with E-state index in [-0.39, 0.29) is 0 Å². The Kier molecular flexibility index (Phi) is 2.48. The van der Waals surface area contributed by atoms with Crippen molar-refractivity contribution in [1.29, 1.82) is 0 Å². The van der Waals surface area contributed by atoms with Gasteiger partial charge in [0.1, 0.15) is 5.58 Å². The summed E-state index contributed by atoms with van der Waals surface area (Å²) in [6, 6.07) is 7.86. The molecule has 3 heteroatoms. The van der Waals surface area contributed by atoms with E-state index in [2.05, 4.69) is 13.0 Å². The molecule has 2 rings (SSSR count). The standard InChI is InChI=1S/C11H12ClNO/c1-7(6-13)8-2-3-10-9(4-8)5-11(12)14-10/h2-5,7H,6,13H2,1H3. The molecule has 1 aromatic carbocycles. The number of halogens is 1. The van der Waals surface area contributed by atoms with Crippen molar-refractivity contribution in [1.82, 2.24) is 0 Å². The third kappa shape index (κ3) is 1.63. The summed E-state index contributed by atoms with van der Waals surface area (Å²) in [7, 11) is 0. The second-order valence-electron chi connectivity index (χ2n) is 3.48. The lowest BCUT2D eigenvalue weighted by atomic mass is 10.0. The minimum Gasteiger partial charge on any atom is -0.445 e. The number of hydrogen-bond donors (Lipinski definition) is 1. The van der Waals surface area contributed by atoms with Crippen molar-refractivity contribution < 1.29 is 4.42 Å². The van der Waals surface area contributed by atoms with Crippen molar-refractivity contribution in [2.45, 2.75) is 12.8 Å². The van der Waals surface area contributed by atoms with Gasteiger partial charge in [-0.1, -0.05) is 13.0 Å². The van der Waals surface area contributed by atoms with E-state index in [4.69, 9.17) is 21.8 Å². The first kappa shape index (κ1) is 9.56. The van der Waals surface area contributed by atoms with Crippen LogP contribution in [-0.2, 0) is 0 Å². The molecular weight excluding hydrogens is 198 g/mol. The number of furan rings is 1. The van der Waals surface area contributed by atoms with Crippen molar-refractivity contribution in [3.63, 3.8) is 0 Å². The third-order valence-electron chi connectivity index (χ3n) is 2.43. The van der Waals surface area contributed by atoms with Gasteiger partial charge in [0.05, 0.1) is 0 Å². The van der Waals surface area contributed by atoms with Crippen LogP contribution in [0.4, 0.5) is 0 Å². The molecule has 0 bridgehead atoms. The fourth-order valence-corrected chi connectivity index (χ4v) is 1.67. The number of nitrogens with two attached hydrogens (primary N) is 1. The smallest absolute Gasteiger partial charge is 0.194 e. The summed E-state index contributed by atoms with van der Waals surface area (Å²) in [6.07, 6.45) is 0. The van der Waals surface area contributed by atoms with Gasteiger partial charge in [0, 0.05) is 11.5 Å². The van der Waals surface area contributed by atoms with Crippen LogP contribution < -0.4 is 5.73 Å². The summed E-state index contributed by atoms with van der Waals surface area (Å²) < 4.78 is 5.27. The summed E-state index contributed by atoms with van der Waals surface area (Å²) in [4.78, 5) is 0. The summed E-state index contributed by atoms with van der Waals surface area (Å²) in [5.74, 6) is 0.369. The molecule has 0 spiro atoms. The van der Waals surface area contributed by atoms with E-state index >= 15 is 0 Å². The summed E-state index contributed by atoms with van der Waals surface area (Å²) in [5.41, 5.74) is 7.65. The average molecular weight is 210 g/mol. The van der Waals surface area contributed by atoms with Gasteiger partial charge >= 0.3 is 0 Å². The summed E-state index contributed by atoms with van der Waals surface area (Å²) >= 11 is 5.76. The first-order valence-electron chi connectivity index (χ1n) is 4.60. The van der Waals surface area contributed by atoms with Gasteiger partial charge in [-0.3, -0.25) is 0 Å². The largest absolute Gasteiger partial charge is 0.445 e. The molecule has 0 aliphatic heterocycles. The highest BCUT2D eigenvalue weighted by atomic mass is 35.5. The van der Waals surface area contributed by atoms with Gasteiger partial charge in [-0.25, -0.2) is 0 Å². The highest BCUT2D eigenvalue weighted by molar-refractivity contribution is 6.29. The minimum atomic E-state index is 0.369. The molecule has 0 saturated heterocycles. The van der Waals surface area contributed by atoms with Crippen molar-refractivity contribution in [2.24, 2.45) is 5.73 Å². The zero-order chi connectivity index (χ0) is 10.1. The predicted octanol–water partition coefficient (Wildman–Crippen LogP) is 3.15. The second-order valence-corrected chi connectivity index (χ2v) is 3.86. The normalized spacial score (nSPS) is 13.4. The average Bonchev–Trinajstić information content (AvgIpc) is 2.55. The van der Waals surface area contributed by atoms with Crippen LogP contribution in [0.2, 0.25) is 5.22 Å². The van der Waals surface area contributed by atoms with Crippen LogP contribution in [0.3, 0.4) is 0 Å². The molecular formula is C11H12ClNO. The van der Waals surface area contributed by atoms with E-state index < -0.39 is 0 Å².